The maximum atomic E-state index is 13.5. The molecule has 0 saturated carbocycles. The van der Waals surface area contributed by atoms with Gasteiger partial charge in [-0.05, 0) is 79.2 Å². The molecule has 0 aromatic heterocycles. The first-order valence-corrected chi connectivity index (χ1v) is 12.4. The van der Waals surface area contributed by atoms with Gasteiger partial charge in [-0.15, -0.1) is 0 Å². The molecule has 10 heteroatoms. The third-order valence-electron chi connectivity index (χ3n) is 7.48. The number of hydrogen-bond donors (Lipinski definition) is 1. The number of fused-ring (bicyclic) bond motifs is 1. The zero-order chi connectivity index (χ0) is 27.0. The van der Waals surface area contributed by atoms with Gasteiger partial charge >= 0.3 is 18.3 Å². The highest BCUT2D eigenvalue weighted by atomic mass is 19.4. The Morgan fingerprint density at radius 2 is 1.68 bits per heavy atom. The number of carbonyl (C=O) groups is 1. The lowest BCUT2D eigenvalue weighted by molar-refractivity contribution is -0.142. The standard InChI is InChI=1S/C27H30F6N2O2/c1-17(25(36)37)12-18-2-3-19-6-11-35(16-20(19)13-18)23-7-9-34(10-8-23)15-21-14-22(26(28,29)30)4-5-24(21)27(31,32)33/h2-5,13-14,17,23H,6-12,15-16H2,1H3,(H,36,37). The number of carboxylic acid groups (broad SMARTS) is 1. The summed E-state index contributed by atoms with van der Waals surface area (Å²) in [5.41, 5.74) is 0.938. The molecule has 0 bridgehead atoms. The number of carboxylic acids is 1. The molecule has 2 aromatic rings. The van der Waals surface area contributed by atoms with Crippen LogP contribution in [0.25, 0.3) is 0 Å². The van der Waals surface area contributed by atoms with Gasteiger partial charge in [-0.2, -0.15) is 26.3 Å². The van der Waals surface area contributed by atoms with Gasteiger partial charge < -0.3 is 5.11 Å². The number of hydrogen-bond acceptors (Lipinski definition) is 3. The fourth-order valence-electron chi connectivity index (χ4n) is 5.37. The predicted octanol–water partition coefficient (Wildman–Crippen LogP) is 6.01. The van der Waals surface area contributed by atoms with E-state index in [9.17, 15) is 36.2 Å². The minimum atomic E-state index is -4.72. The molecule has 1 N–H and O–H groups in total. The fraction of sp³-hybridized carbons (Fsp3) is 0.519. The van der Waals surface area contributed by atoms with Crippen molar-refractivity contribution in [3.05, 3.63) is 69.8 Å². The van der Waals surface area contributed by atoms with Crippen LogP contribution in [-0.4, -0.2) is 46.6 Å². The molecule has 2 aromatic carbocycles. The number of likely N-dealkylation sites (tertiary alicyclic amines) is 1. The highest BCUT2D eigenvalue weighted by Crippen LogP contribution is 2.37. The highest BCUT2D eigenvalue weighted by molar-refractivity contribution is 5.69. The van der Waals surface area contributed by atoms with Crippen molar-refractivity contribution in [3.63, 3.8) is 0 Å². The van der Waals surface area contributed by atoms with Crippen molar-refractivity contribution in [1.82, 2.24) is 9.80 Å². The number of piperidine rings is 1. The van der Waals surface area contributed by atoms with Gasteiger partial charge in [0.15, 0.2) is 0 Å². The van der Waals surface area contributed by atoms with Crippen LogP contribution in [0.4, 0.5) is 26.3 Å². The van der Waals surface area contributed by atoms with E-state index in [1.807, 2.05) is 6.07 Å². The second kappa shape index (κ2) is 10.6. The topological polar surface area (TPSA) is 43.8 Å². The summed E-state index contributed by atoms with van der Waals surface area (Å²) in [5.74, 6) is -1.31. The Labute approximate surface area is 211 Å². The molecule has 1 unspecified atom stereocenters. The summed E-state index contributed by atoms with van der Waals surface area (Å²) in [6, 6.07) is 7.99. The number of nitrogens with zero attached hydrogens (tertiary/aromatic N) is 2. The Kier molecular flexibility index (Phi) is 7.90. The molecule has 37 heavy (non-hydrogen) atoms. The zero-order valence-corrected chi connectivity index (χ0v) is 20.5. The molecule has 0 aliphatic carbocycles. The second-order valence-electron chi connectivity index (χ2n) is 10.1. The van der Waals surface area contributed by atoms with E-state index >= 15 is 0 Å². The molecular weight excluding hydrogens is 498 g/mol. The van der Waals surface area contributed by atoms with Crippen LogP contribution in [0.2, 0.25) is 0 Å². The Hall–Kier alpha value is -2.59. The van der Waals surface area contributed by atoms with Crippen LogP contribution in [0, 0.1) is 5.92 Å². The van der Waals surface area contributed by atoms with Crippen molar-refractivity contribution in [2.45, 2.75) is 64.1 Å². The van der Waals surface area contributed by atoms with Gasteiger partial charge in [-0.3, -0.25) is 14.6 Å². The summed E-state index contributed by atoms with van der Waals surface area (Å²) in [5, 5.41) is 9.19. The van der Waals surface area contributed by atoms with Crippen molar-refractivity contribution >= 4 is 5.97 Å². The summed E-state index contributed by atoms with van der Waals surface area (Å²) < 4.78 is 79.8. The maximum Gasteiger partial charge on any atom is 0.416 e. The van der Waals surface area contributed by atoms with E-state index in [1.165, 1.54) is 11.1 Å². The van der Waals surface area contributed by atoms with Crippen molar-refractivity contribution in [2.24, 2.45) is 5.92 Å². The van der Waals surface area contributed by atoms with Crippen molar-refractivity contribution in [3.8, 4) is 0 Å². The smallest absolute Gasteiger partial charge is 0.416 e. The number of alkyl halides is 6. The van der Waals surface area contributed by atoms with E-state index in [0.29, 0.717) is 50.6 Å². The van der Waals surface area contributed by atoms with Crippen LogP contribution in [0.1, 0.15) is 53.1 Å². The van der Waals surface area contributed by atoms with Gasteiger partial charge in [0.25, 0.3) is 0 Å². The molecular formula is C27H30F6N2O2. The summed E-state index contributed by atoms with van der Waals surface area (Å²) in [7, 11) is 0. The summed E-state index contributed by atoms with van der Waals surface area (Å²) in [4.78, 5) is 15.4. The molecule has 2 heterocycles. The number of halogens is 6. The first kappa shape index (κ1) is 27.4. The van der Waals surface area contributed by atoms with Crippen LogP contribution in [0.3, 0.4) is 0 Å². The number of aliphatic carboxylic acids is 1. The predicted molar refractivity (Wildman–Crippen MR) is 126 cm³/mol. The van der Waals surface area contributed by atoms with Gasteiger partial charge in [0.1, 0.15) is 0 Å². The molecule has 2 aliphatic rings. The third-order valence-corrected chi connectivity index (χ3v) is 7.48. The van der Waals surface area contributed by atoms with Crippen LogP contribution >= 0.6 is 0 Å². The second-order valence-corrected chi connectivity index (χ2v) is 10.1. The van der Waals surface area contributed by atoms with Gasteiger partial charge in [0.2, 0.25) is 0 Å². The Bertz CT molecular complexity index is 1120. The monoisotopic (exact) mass is 528 g/mol. The molecule has 1 fully saturated rings. The number of benzene rings is 2. The van der Waals surface area contributed by atoms with E-state index in [4.69, 9.17) is 0 Å². The molecule has 0 amide bonds. The van der Waals surface area contributed by atoms with E-state index in [0.717, 1.165) is 25.1 Å². The highest BCUT2D eigenvalue weighted by Gasteiger charge is 2.37. The van der Waals surface area contributed by atoms with Crippen LogP contribution in [-0.2, 0) is 43.1 Å². The molecule has 4 nitrogen and oxygen atoms in total. The first-order valence-electron chi connectivity index (χ1n) is 12.4. The molecule has 2 aliphatic heterocycles. The maximum absolute atomic E-state index is 13.5. The van der Waals surface area contributed by atoms with E-state index in [2.05, 4.69) is 17.0 Å². The zero-order valence-electron chi connectivity index (χ0n) is 20.5. The average Bonchev–Trinajstić information content (AvgIpc) is 2.82. The molecule has 1 saturated heterocycles. The SMILES string of the molecule is CC(Cc1ccc2c(c1)CN(C1CCN(Cc3cc(C(F)(F)F)ccc3C(F)(F)F)CC1)CC2)C(=O)O. The van der Waals surface area contributed by atoms with Crippen LogP contribution < -0.4 is 0 Å². The van der Waals surface area contributed by atoms with Crippen molar-refractivity contribution < 1.29 is 36.2 Å². The fourth-order valence-corrected chi connectivity index (χ4v) is 5.37. The quantitative estimate of drug-likeness (QED) is 0.467. The first-order chi connectivity index (χ1) is 17.3. The summed E-state index contributed by atoms with van der Waals surface area (Å²) >= 11 is 0. The van der Waals surface area contributed by atoms with Gasteiger partial charge in [-0.25, -0.2) is 0 Å². The van der Waals surface area contributed by atoms with Crippen molar-refractivity contribution in [2.75, 3.05) is 19.6 Å². The average molecular weight is 529 g/mol. The lowest BCUT2D eigenvalue weighted by atomic mass is 9.91. The Morgan fingerprint density at radius 3 is 2.30 bits per heavy atom. The van der Waals surface area contributed by atoms with Crippen LogP contribution in [0.15, 0.2) is 36.4 Å². The van der Waals surface area contributed by atoms with Crippen molar-refractivity contribution in [1.29, 1.82) is 0 Å². The van der Waals surface area contributed by atoms with E-state index < -0.39 is 35.4 Å². The van der Waals surface area contributed by atoms with Gasteiger partial charge in [-0.1, -0.05) is 25.1 Å². The Morgan fingerprint density at radius 1 is 0.973 bits per heavy atom. The largest absolute Gasteiger partial charge is 0.481 e. The lowest BCUT2D eigenvalue weighted by Crippen LogP contribution is -2.46. The molecule has 0 spiro atoms. The summed E-state index contributed by atoms with van der Waals surface area (Å²) in [6.45, 7) is 4.07. The molecule has 202 valence electrons. The van der Waals surface area contributed by atoms with E-state index in [1.54, 1.807) is 11.8 Å². The molecule has 4 rings (SSSR count). The number of rotatable bonds is 6. The van der Waals surface area contributed by atoms with Gasteiger partial charge in [0, 0.05) is 25.7 Å². The van der Waals surface area contributed by atoms with Gasteiger partial charge in [0.05, 0.1) is 17.0 Å². The van der Waals surface area contributed by atoms with Crippen LogP contribution in [0.5, 0.6) is 0 Å². The molecule has 0 radical (unpaired) electrons. The van der Waals surface area contributed by atoms with E-state index in [-0.39, 0.29) is 18.2 Å². The lowest BCUT2D eigenvalue weighted by Gasteiger charge is -2.41. The minimum Gasteiger partial charge on any atom is -0.481 e. The third kappa shape index (κ3) is 6.65. The minimum absolute atomic E-state index is 0.181. The Balaban J connectivity index is 1.39. The summed E-state index contributed by atoms with van der Waals surface area (Å²) in [6.07, 6.45) is -6.68. The molecule has 1 atom stereocenters. The normalized spacial score (nSPS) is 19.0.